The molecule has 0 amide bonds. The van der Waals surface area contributed by atoms with E-state index in [2.05, 4.69) is 4.98 Å². The Labute approximate surface area is 127 Å². The highest BCUT2D eigenvalue weighted by Gasteiger charge is 2.27. The third-order valence-corrected chi connectivity index (χ3v) is 3.79. The molecule has 0 aromatic carbocycles. The van der Waals surface area contributed by atoms with Crippen LogP contribution >= 0.6 is 11.6 Å². The number of pyridine rings is 1. The Morgan fingerprint density at radius 3 is 2.62 bits per heavy atom. The van der Waals surface area contributed by atoms with Gasteiger partial charge < -0.3 is 14.7 Å². The first-order valence-corrected chi connectivity index (χ1v) is 7.22. The summed E-state index contributed by atoms with van der Waals surface area (Å²) in [7, 11) is 0. The molecule has 2 rings (SSSR count). The molecule has 0 saturated carbocycles. The van der Waals surface area contributed by atoms with Gasteiger partial charge in [-0.05, 0) is 31.9 Å². The molecule has 21 heavy (non-hydrogen) atoms. The first-order valence-electron chi connectivity index (χ1n) is 6.84. The van der Waals surface area contributed by atoms with Gasteiger partial charge in [-0.15, -0.1) is 0 Å². The topological polar surface area (TPSA) is 79.7 Å². The number of anilines is 1. The molecule has 114 valence electrons. The van der Waals surface area contributed by atoms with Crippen molar-refractivity contribution in [3.63, 3.8) is 0 Å². The predicted octanol–water partition coefficient (Wildman–Crippen LogP) is 2.21. The van der Waals surface area contributed by atoms with E-state index in [1.807, 2.05) is 4.90 Å². The fraction of sp³-hybridized carbons (Fsp3) is 0.500. The van der Waals surface area contributed by atoms with Gasteiger partial charge in [-0.25, -0.2) is 9.78 Å². The largest absolute Gasteiger partial charge is 0.478 e. The zero-order valence-electron chi connectivity index (χ0n) is 11.7. The lowest BCUT2D eigenvalue weighted by Gasteiger charge is -2.31. The van der Waals surface area contributed by atoms with Crippen molar-refractivity contribution in [3.05, 3.63) is 22.8 Å². The number of aromatic carboxylic acids is 1. The standard InChI is InChI=1S/C14H17ClN2O4/c1-2-21-14(20)9-5-7-17(8-6-9)11-4-3-10(13(18)19)12(15)16-11/h3-4,9H,2,5-8H2,1H3,(H,18,19). The first kappa shape index (κ1) is 15.6. The average molecular weight is 313 g/mol. The number of rotatable bonds is 4. The smallest absolute Gasteiger partial charge is 0.338 e. The molecule has 0 unspecified atom stereocenters. The van der Waals surface area contributed by atoms with Gasteiger partial charge in [-0.2, -0.15) is 0 Å². The normalized spacial score (nSPS) is 15.8. The summed E-state index contributed by atoms with van der Waals surface area (Å²) in [6, 6.07) is 3.09. The van der Waals surface area contributed by atoms with Crippen molar-refractivity contribution >= 4 is 29.4 Å². The van der Waals surface area contributed by atoms with E-state index in [9.17, 15) is 9.59 Å². The van der Waals surface area contributed by atoms with E-state index in [0.29, 0.717) is 38.4 Å². The molecule has 0 radical (unpaired) electrons. The molecular weight excluding hydrogens is 296 g/mol. The summed E-state index contributed by atoms with van der Waals surface area (Å²) in [5, 5.41) is 8.90. The van der Waals surface area contributed by atoms with E-state index in [0.717, 1.165) is 0 Å². The Morgan fingerprint density at radius 2 is 2.10 bits per heavy atom. The van der Waals surface area contributed by atoms with Crippen molar-refractivity contribution in [3.8, 4) is 0 Å². The van der Waals surface area contributed by atoms with Crippen LogP contribution in [0.25, 0.3) is 0 Å². The van der Waals surface area contributed by atoms with E-state index < -0.39 is 5.97 Å². The number of carbonyl (C=O) groups excluding carboxylic acids is 1. The summed E-state index contributed by atoms with van der Waals surface area (Å²) in [6.07, 6.45) is 1.39. The number of hydrogen-bond donors (Lipinski definition) is 1. The Balaban J connectivity index is 2.01. The highest BCUT2D eigenvalue weighted by Crippen LogP contribution is 2.25. The Hall–Kier alpha value is -1.82. The van der Waals surface area contributed by atoms with Crippen LogP contribution in [0.4, 0.5) is 5.82 Å². The van der Waals surface area contributed by atoms with Gasteiger partial charge in [0.05, 0.1) is 18.1 Å². The minimum Gasteiger partial charge on any atom is -0.478 e. The second-order valence-electron chi connectivity index (χ2n) is 4.83. The highest BCUT2D eigenvalue weighted by atomic mass is 35.5. The monoisotopic (exact) mass is 312 g/mol. The van der Waals surface area contributed by atoms with E-state index in [1.54, 1.807) is 13.0 Å². The number of halogens is 1. The van der Waals surface area contributed by atoms with Crippen molar-refractivity contribution in [2.75, 3.05) is 24.6 Å². The number of nitrogens with zero attached hydrogens (tertiary/aromatic N) is 2. The van der Waals surface area contributed by atoms with Crippen LogP contribution in [0, 0.1) is 5.92 Å². The van der Waals surface area contributed by atoms with Crippen molar-refractivity contribution in [1.82, 2.24) is 4.98 Å². The van der Waals surface area contributed by atoms with E-state index in [4.69, 9.17) is 21.4 Å². The molecule has 6 nitrogen and oxygen atoms in total. The van der Waals surface area contributed by atoms with E-state index in [-0.39, 0.29) is 22.6 Å². The van der Waals surface area contributed by atoms with Gasteiger partial charge in [0, 0.05) is 13.1 Å². The molecule has 1 aromatic heterocycles. The highest BCUT2D eigenvalue weighted by molar-refractivity contribution is 6.32. The number of carbonyl (C=O) groups is 2. The van der Waals surface area contributed by atoms with Crippen molar-refractivity contribution in [2.45, 2.75) is 19.8 Å². The number of aromatic nitrogens is 1. The first-order chi connectivity index (χ1) is 10.0. The Morgan fingerprint density at radius 1 is 1.43 bits per heavy atom. The van der Waals surface area contributed by atoms with Gasteiger partial charge in [0.2, 0.25) is 0 Å². The molecular formula is C14H17ClN2O4. The summed E-state index contributed by atoms with van der Waals surface area (Å²) in [4.78, 5) is 28.7. The van der Waals surface area contributed by atoms with Crippen LogP contribution in [0.15, 0.2) is 12.1 Å². The predicted molar refractivity (Wildman–Crippen MR) is 77.8 cm³/mol. The minimum absolute atomic E-state index is 0.0122. The molecule has 1 aliphatic heterocycles. The van der Waals surface area contributed by atoms with E-state index in [1.165, 1.54) is 6.07 Å². The summed E-state index contributed by atoms with van der Waals surface area (Å²) >= 11 is 5.87. The maximum Gasteiger partial charge on any atom is 0.338 e. The molecule has 0 aliphatic carbocycles. The van der Waals surface area contributed by atoms with Crippen LogP contribution in [0.1, 0.15) is 30.1 Å². The lowest BCUT2D eigenvalue weighted by atomic mass is 9.97. The third-order valence-electron chi connectivity index (χ3n) is 3.50. The SMILES string of the molecule is CCOC(=O)C1CCN(c2ccc(C(=O)O)c(Cl)n2)CC1. The average Bonchev–Trinajstić information content (AvgIpc) is 2.47. The van der Waals surface area contributed by atoms with Crippen LogP contribution in [0.3, 0.4) is 0 Å². The number of carboxylic acids is 1. The number of ether oxygens (including phenoxy) is 1. The van der Waals surface area contributed by atoms with Gasteiger partial charge >= 0.3 is 11.9 Å². The molecule has 1 N–H and O–H groups in total. The van der Waals surface area contributed by atoms with Crippen LogP contribution in [-0.2, 0) is 9.53 Å². The molecule has 2 heterocycles. The fourth-order valence-electron chi connectivity index (χ4n) is 2.36. The minimum atomic E-state index is -1.10. The number of carboxylic acid groups (broad SMARTS) is 1. The molecule has 1 aromatic rings. The summed E-state index contributed by atoms with van der Waals surface area (Å²) < 4.78 is 5.02. The van der Waals surface area contributed by atoms with Crippen LogP contribution < -0.4 is 4.90 Å². The lowest BCUT2D eigenvalue weighted by molar-refractivity contribution is -0.148. The molecule has 0 spiro atoms. The number of piperidine rings is 1. The maximum absolute atomic E-state index is 11.7. The molecule has 1 aliphatic rings. The van der Waals surface area contributed by atoms with E-state index >= 15 is 0 Å². The van der Waals surface area contributed by atoms with Gasteiger partial charge in [0.25, 0.3) is 0 Å². The summed E-state index contributed by atoms with van der Waals surface area (Å²) in [6.45, 7) is 3.52. The van der Waals surface area contributed by atoms with Crippen LogP contribution in [0.2, 0.25) is 5.15 Å². The van der Waals surface area contributed by atoms with Crippen LogP contribution in [0.5, 0.6) is 0 Å². The second-order valence-corrected chi connectivity index (χ2v) is 5.18. The molecule has 0 bridgehead atoms. The molecule has 1 fully saturated rings. The summed E-state index contributed by atoms with van der Waals surface area (Å²) in [5.74, 6) is -0.688. The van der Waals surface area contributed by atoms with Crippen molar-refractivity contribution in [1.29, 1.82) is 0 Å². The fourth-order valence-corrected chi connectivity index (χ4v) is 2.60. The zero-order valence-corrected chi connectivity index (χ0v) is 12.5. The van der Waals surface area contributed by atoms with Gasteiger partial charge in [0.15, 0.2) is 0 Å². The lowest BCUT2D eigenvalue weighted by Crippen LogP contribution is -2.37. The Kier molecular flexibility index (Phi) is 5.01. The maximum atomic E-state index is 11.7. The van der Waals surface area contributed by atoms with Gasteiger partial charge in [-0.3, -0.25) is 4.79 Å². The van der Waals surface area contributed by atoms with Gasteiger partial charge in [-0.1, -0.05) is 11.6 Å². The quantitative estimate of drug-likeness (QED) is 0.678. The number of hydrogen-bond acceptors (Lipinski definition) is 5. The number of esters is 1. The molecule has 0 atom stereocenters. The third kappa shape index (κ3) is 3.64. The van der Waals surface area contributed by atoms with Crippen LogP contribution in [-0.4, -0.2) is 41.7 Å². The second kappa shape index (κ2) is 6.76. The summed E-state index contributed by atoms with van der Waals surface area (Å²) in [5.41, 5.74) is -0.0122. The van der Waals surface area contributed by atoms with Gasteiger partial charge in [0.1, 0.15) is 11.0 Å². The zero-order chi connectivity index (χ0) is 15.4. The Bertz CT molecular complexity index is 542. The molecule has 7 heteroatoms. The molecule has 1 saturated heterocycles. The van der Waals surface area contributed by atoms with Crippen molar-refractivity contribution in [2.24, 2.45) is 5.92 Å². The van der Waals surface area contributed by atoms with Crippen molar-refractivity contribution < 1.29 is 19.4 Å².